The Bertz CT molecular complexity index is 344. The van der Waals surface area contributed by atoms with Crippen LogP contribution >= 0.6 is 0 Å². The van der Waals surface area contributed by atoms with Crippen LogP contribution in [0.25, 0.3) is 0 Å². The molecule has 0 aromatic heterocycles. The normalized spacial score (nSPS) is 11.3. The zero-order valence-electron chi connectivity index (χ0n) is 8.76. The van der Waals surface area contributed by atoms with Gasteiger partial charge in [0.05, 0.1) is 0 Å². The fourth-order valence-corrected chi connectivity index (χ4v) is 1.15. The Balaban J connectivity index is 2.90. The van der Waals surface area contributed by atoms with Gasteiger partial charge in [0.25, 0.3) is 0 Å². The van der Waals surface area contributed by atoms with Gasteiger partial charge in [0.15, 0.2) is 0 Å². The van der Waals surface area contributed by atoms with Crippen LogP contribution in [-0.4, -0.2) is 13.0 Å². The first kappa shape index (κ1) is 10.5. The molecule has 0 aliphatic rings. The van der Waals surface area contributed by atoms with E-state index in [1.165, 1.54) is 5.56 Å². The molecule has 0 fully saturated rings. The number of aliphatic imine (C=N–C) groups is 1. The van der Waals surface area contributed by atoms with Crippen molar-refractivity contribution in [2.24, 2.45) is 10.8 Å². The summed E-state index contributed by atoms with van der Waals surface area (Å²) < 4.78 is 0. The highest BCUT2D eigenvalue weighted by Gasteiger charge is 2.00. The maximum Gasteiger partial charge on any atom is 0.209 e. The summed E-state index contributed by atoms with van der Waals surface area (Å²) in [6, 6.07) is 6.18. The summed E-state index contributed by atoms with van der Waals surface area (Å²) in [5.41, 5.74) is 5.86. The lowest BCUT2D eigenvalue weighted by molar-refractivity contribution is 1.01. The zero-order chi connectivity index (χ0) is 10.6. The highest BCUT2D eigenvalue weighted by atomic mass is 15.3. The summed E-state index contributed by atoms with van der Waals surface area (Å²) in [6.07, 6.45) is 0. The number of hydrogen-bond acceptors (Lipinski definition) is 2. The van der Waals surface area contributed by atoms with Crippen LogP contribution in [0.1, 0.15) is 11.1 Å². The number of hydrazine groups is 1. The van der Waals surface area contributed by atoms with Crippen molar-refractivity contribution in [3.05, 3.63) is 29.3 Å². The lowest BCUT2D eigenvalue weighted by Crippen LogP contribution is -2.36. The molecule has 0 bridgehead atoms. The number of benzene rings is 1. The third kappa shape index (κ3) is 2.47. The summed E-state index contributed by atoms with van der Waals surface area (Å²) in [6.45, 7) is 4.08. The molecule has 0 aliphatic heterocycles. The molecule has 1 aromatic rings. The number of nitrogens with one attached hydrogen (secondary N) is 2. The maximum atomic E-state index is 5.28. The lowest BCUT2D eigenvalue weighted by Gasteiger charge is -2.11. The molecule has 0 heterocycles. The van der Waals surface area contributed by atoms with Gasteiger partial charge in [-0.15, -0.1) is 0 Å². The van der Waals surface area contributed by atoms with Gasteiger partial charge in [-0.2, -0.15) is 0 Å². The molecule has 1 rings (SSSR count). The Morgan fingerprint density at radius 1 is 1.36 bits per heavy atom. The predicted octanol–water partition coefficient (Wildman–Crippen LogP) is 1.16. The minimum absolute atomic E-state index is 0.554. The Morgan fingerprint density at radius 3 is 2.64 bits per heavy atom. The molecule has 76 valence electrons. The molecular formula is C10H16N4. The van der Waals surface area contributed by atoms with E-state index in [-0.39, 0.29) is 0 Å². The van der Waals surface area contributed by atoms with Gasteiger partial charge in [-0.25, -0.2) is 5.84 Å². The van der Waals surface area contributed by atoms with Crippen molar-refractivity contribution in [3.8, 4) is 0 Å². The molecular weight excluding hydrogens is 176 g/mol. The standard InChI is InChI=1S/C10H16N4/c1-7-4-5-8(2)9(6-7)13-10(12-3)14-11/h4-6H,11H2,1-3H3,(H2,12,13,14). The van der Waals surface area contributed by atoms with Crippen molar-refractivity contribution >= 4 is 11.6 Å². The molecule has 0 unspecified atom stereocenters. The number of guanidine groups is 1. The fourth-order valence-electron chi connectivity index (χ4n) is 1.15. The molecule has 0 amide bonds. The summed E-state index contributed by atoms with van der Waals surface area (Å²) in [7, 11) is 1.67. The van der Waals surface area contributed by atoms with Gasteiger partial charge in [0.2, 0.25) is 5.96 Å². The second-order valence-electron chi connectivity index (χ2n) is 3.16. The van der Waals surface area contributed by atoms with Crippen molar-refractivity contribution in [2.45, 2.75) is 13.8 Å². The average Bonchev–Trinajstić information content (AvgIpc) is 2.19. The molecule has 4 heteroatoms. The van der Waals surface area contributed by atoms with E-state index in [0.29, 0.717) is 5.96 Å². The molecule has 0 spiro atoms. The highest BCUT2D eigenvalue weighted by molar-refractivity contribution is 5.93. The Labute approximate surface area is 84.2 Å². The van der Waals surface area contributed by atoms with Crippen molar-refractivity contribution in [3.63, 3.8) is 0 Å². The van der Waals surface area contributed by atoms with Gasteiger partial charge in [-0.05, 0) is 31.0 Å². The maximum absolute atomic E-state index is 5.28. The first-order chi connectivity index (χ1) is 6.67. The number of aryl methyl sites for hydroxylation is 2. The van der Waals surface area contributed by atoms with E-state index in [1.54, 1.807) is 7.05 Å². The second kappa shape index (κ2) is 4.62. The van der Waals surface area contributed by atoms with Crippen molar-refractivity contribution in [1.82, 2.24) is 5.43 Å². The van der Waals surface area contributed by atoms with E-state index in [9.17, 15) is 0 Å². The lowest BCUT2D eigenvalue weighted by atomic mass is 10.1. The van der Waals surface area contributed by atoms with Gasteiger partial charge >= 0.3 is 0 Å². The largest absolute Gasteiger partial charge is 0.325 e. The van der Waals surface area contributed by atoms with E-state index < -0.39 is 0 Å². The SMILES string of the molecule is CN=C(NN)Nc1cc(C)ccc1C. The molecule has 14 heavy (non-hydrogen) atoms. The molecule has 4 N–H and O–H groups in total. The summed E-state index contributed by atoms with van der Waals surface area (Å²) in [5.74, 6) is 5.83. The van der Waals surface area contributed by atoms with E-state index in [4.69, 9.17) is 5.84 Å². The van der Waals surface area contributed by atoms with Crippen molar-refractivity contribution in [1.29, 1.82) is 0 Å². The quantitative estimate of drug-likeness (QED) is 0.271. The minimum Gasteiger partial charge on any atom is -0.325 e. The van der Waals surface area contributed by atoms with Gasteiger partial charge in [-0.1, -0.05) is 12.1 Å². The van der Waals surface area contributed by atoms with Crippen LogP contribution in [0.2, 0.25) is 0 Å². The van der Waals surface area contributed by atoms with E-state index in [2.05, 4.69) is 33.9 Å². The summed E-state index contributed by atoms with van der Waals surface area (Å²) in [5, 5.41) is 3.10. The molecule has 4 nitrogen and oxygen atoms in total. The molecule has 0 radical (unpaired) electrons. The second-order valence-corrected chi connectivity index (χ2v) is 3.16. The third-order valence-electron chi connectivity index (χ3n) is 2.01. The van der Waals surface area contributed by atoms with Crippen molar-refractivity contribution in [2.75, 3.05) is 12.4 Å². The Kier molecular flexibility index (Phi) is 3.48. The Morgan fingerprint density at radius 2 is 2.07 bits per heavy atom. The number of hydrogen-bond donors (Lipinski definition) is 3. The van der Waals surface area contributed by atoms with Crippen LogP contribution in [0.15, 0.2) is 23.2 Å². The van der Waals surface area contributed by atoms with E-state index >= 15 is 0 Å². The van der Waals surface area contributed by atoms with Gasteiger partial charge < -0.3 is 5.32 Å². The van der Waals surface area contributed by atoms with Gasteiger partial charge in [0.1, 0.15) is 0 Å². The van der Waals surface area contributed by atoms with Crippen LogP contribution in [-0.2, 0) is 0 Å². The first-order valence-corrected chi connectivity index (χ1v) is 4.45. The molecule has 0 aliphatic carbocycles. The average molecular weight is 192 g/mol. The topological polar surface area (TPSA) is 62.4 Å². The predicted molar refractivity (Wildman–Crippen MR) is 60.2 cm³/mol. The Hall–Kier alpha value is -1.55. The fraction of sp³-hybridized carbons (Fsp3) is 0.300. The van der Waals surface area contributed by atoms with Gasteiger partial charge in [0, 0.05) is 12.7 Å². The first-order valence-electron chi connectivity index (χ1n) is 4.45. The minimum atomic E-state index is 0.554. The number of anilines is 1. The van der Waals surface area contributed by atoms with Crippen LogP contribution < -0.4 is 16.6 Å². The third-order valence-corrected chi connectivity index (χ3v) is 2.01. The van der Waals surface area contributed by atoms with Crippen LogP contribution in [0.4, 0.5) is 5.69 Å². The highest BCUT2D eigenvalue weighted by Crippen LogP contribution is 2.15. The number of rotatable bonds is 1. The van der Waals surface area contributed by atoms with Crippen LogP contribution in [0.3, 0.4) is 0 Å². The zero-order valence-corrected chi connectivity index (χ0v) is 8.76. The van der Waals surface area contributed by atoms with Crippen LogP contribution in [0.5, 0.6) is 0 Å². The van der Waals surface area contributed by atoms with Gasteiger partial charge in [-0.3, -0.25) is 10.4 Å². The molecule has 0 saturated heterocycles. The van der Waals surface area contributed by atoms with E-state index in [1.807, 2.05) is 13.8 Å². The monoisotopic (exact) mass is 192 g/mol. The molecule has 0 atom stereocenters. The smallest absolute Gasteiger partial charge is 0.209 e. The number of nitrogens with zero attached hydrogens (tertiary/aromatic N) is 1. The van der Waals surface area contributed by atoms with E-state index in [0.717, 1.165) is 11.3 Å². The molecule has 0 saturated carbocycles. The number of nitrogens with two attached hydrogens (primary N) is 1. The van der Waals surface area contributed by atoms with Crippen LogP contribution in [0, 0.1) is 13.8 Å². The van der Waals surface area contributed by atoms with Crippen molar-refractivity contribution < 1.29 is 0 Å². The molecule has 1 aromatic carbocycles. The summed E-state index contributed by atoms with van der Waals surface area (Å²) >= 11 is 0. The summed E-state index contributed by atoms with van der Waals surface area (Å²) in [4.78, 5) is 3.94.